The van der Waals surface area contributed by atoms with E-state index in [1.54, 1.807) is 26.2 Å². The number of anilines is 1. The van der Waals surface area contributed by atoms with Gasteiger partial charge in [-0.25, -0.2) is 8.78 Å². The maximum Gasteiger partial charge on any atom is 0.279 e. The van der Waals surface area contributed by atoms with Crippen LogP contribution < -0.4 is 10.1 Å². The molecule has 2 heterocycles. The van der Waals surface area contributed by atoms with E-state index >= 15 is 0 Å². The zero-order chi connectivity index (χ0) is 27.5. The molecule has 5 N–H and O–H groups in total. The molecule has 37 heavy (non-hydrogen) atoms. The van der Waals surface area contributed by atoms with Crippen molar-refractivity contribution in [2.75, 3.05) is 11.9 Å². The predicted molar refractivity (Wildman–Crippen MR) is 126 cm³/mol. The number of hydrogen-bond donors (Lipinski definition) is 5. The molecule has 1 aliphatic heterocycles. The number of nitrogens with zero attached hydrogens (tertiary/aromatic N) is 2. The van der Waals surface area contributed by atoms with E-state index in [4.69, 9.17) is 9.47 Å². The SMILES string of the molecule is CC(C)(C)CC(=O)Nc1c(F)cc(C(=O)N=c2sccn2COC2OC(CO)[C@H](O)[C@H](O)[C@@H]2O)cc1F. The van der Waals surface area contributed by atoms with Crippen LogP contribution in [0.5, 0.6) is 0 Å². The van der Waals surface area contributed by atoms with Crippen LogP contribution in [0.25, 0.3) is 0 Å². The Hall–Kier alpha value is -2.59. The number of hydrogen-bond acceptors (Lipinski definition) is 9. The van der Waals surface area contributed by atoms with Gasteiger partial charge in [-0.15, -0.1) is 11.3 Å². The lowest BCUT2D eigenvalue weighted by molar-refractivity contribution is -0.308. The highest BCUT2D eigenvalue weighted by Gasteiger charge is 2.44. The number of rotatable bonds is 7. The van der Waals surface area contributed by atoms with Crippen LogP contribution in [-0.4, -0.2) is 74.1 Å². The minimum atomic E-state index is -1.62. The van der Waals surface area contributed by atoms with Crippen molar-refractivity contribution in [1.29, 1.82) is 0 Å². The van der Waals surface area contributed by atoms with Crippen LogP contribution >= 0.6 is 11.3 Å². The van der Waals surface area contributed by atoms with Gasteiger partial charge in [-0.2, -0.15) is 4.99 Å². The van der Waals surface area contributed by atoms with E-state index in [1.165, 1.54) is 10.8 Å². The monoisotopic (exact) mass is 545 g/mol. The Morgan fingerprint density at radius 1 is 1.16 bits per heavy atom. The van der Waals surface area contributed by atoms with E-state index in [2.05, 4.69) is 10.3 Å². The van der Waals surface area contributed by atoms with Crippen LogP contribution in [-0.2, 0) is 21.0 Å². The topological polar surface area (TPSA) is 163 Å². The van der Waals surface area contributed by atoms with Gasteiger partial charge in [-0.3, -0.25) is 14.2 Å². The number of carbonyl (C=O) groups excluding carboxylic acids is 2. The number of ether oxygens (including phenoxy) is 2. The highest BCUT2D eigenvalue weighted by Crippen LogP contribution is 2.25. The van der Waals surface area contributed by atoms with Gasteiger partial charge in [0, 0.05) is 23.6 Å². The molecule has 3 rings (SSSR count). The van der Waals surface area contributed by atoms with Crippen molar-refractivity contribution < 1.29 is 48.3 Å². The summed E-state index contributed by atoms with van der Waals surface area (Å²) in [5.41, 5.74) is -1.45. The number of benzene rings is 1. The Kier molecular flexibility index (Phi) is 9.28. The Balaban J connectivity index is 1.73. The molecule has 2 amide bonds. The molecular formula is C23H29F2N3O8S. The van der Waals surface area contributed by atoms with Crippen molar-refractivity contribution in [3.05, 3.63) is 45.7 Å². The van der Waals surface area contributed by atoms with Gasteiger partial charge >= 0.3 is 0 Å². The minimum absolute atomic E-state index is 0.0332. The molecule has 11 nitrogen and oxygen atoms in total. The lowest BCUT2D eigenvalue weighted by Crippen LogP contribution is -2.59. The third-order valence-corrected chi connectivity index (χ3v) is 6.12. The highest BCUT2D eigenvalue weighted by atomic mass is 32.1. The summed E-state index contributed by atoms with van der Waals surface area (Å²) >= 11 is 1.01. The molecule has 5 atom stereocenters. The summed E-state index contributed by atoms with van der Waals surface area (Å²) < 4.78 is 41.1. The van der Waals surface area contributed by atoms with E-state index in [9.17, 15) is 38.8 Å². The first-order valence-corrected chi connectivity index (χ1v) is 12.1. The standard InChI is InChI=1S/C23H29F2N3O8S/c1-23(2,3)8-15(30)26-16-12(24)6-11(7-13(16)25)20(34)27-22-28(4-5-37-22)10-35-21-19(33)18(32)17(31)14(9-29)36-21/h4-7,14,17-19,21,29,31-33H,8-10H2,1-3H3,(H,26,30)/t14?,17-,18-,19-,21?/m0/s1. The van der Waals surface area contributed by atoms with Crippen molar-refractivity contribution in [1.82, 2.24) is 4.57 Å². The third kappa shape index (κ3) is 7.25. The zero-order valence-corrected chi connectivity index (χ0v) is 21.1. The van der Waals surface area contributed by atoms with E-state index < -0.39 is 77.4 Å². The first kappa shape index (κ1) is 29.0. The minimum Gasteiger partial charge on any atom is -0.394 e. The fourth-order valence-corrected chi connectivity index (χ4v) is 4.19. The molecule has 204 valence electrons. The molecule has 2 unspecified atom stereocenters. The highest BCUT2D eigenvalue weighted by molar-refractivity contribution is 7.07. The maximum atomic E-state index is 14.5. The summed E-state index contributed by atoms with van der Waals surface area (Å²) in [5.74, 6) is -3.81. The number of amides is 2. The Morgan fingerprint density at radius 2 is 1.81 bits per heavy atom. The van der Waals surface area contributed by atoms with E-state index in [1.807, 2.05) is 0 Å². The average molecular weight is 546 g/mol. The summed E-state index contributed by atoms with van der Waals surface area (Å²) in [6.45, 7) is 4.45. The molecule has 1 aliphatic rings. The fraction of sp³-hybridized carbons (Fsp3) is 0.522. The van der Waals surface area contributed by atoms with Gasteiger partial charge in [0.05, 0.1) is 6.61 Å². The average Bonchev–Trinajstić information content (AvgIpc) is 3.25. The molecule has 1 aromatic carbocycles. The van der Waals surface area contributed by atoms with E-state index in [0.717, 1.165) is 23.5 Å². The van der Waals surface area contributed by atoms with Crippen LogP contribution in [0, 0.1) is 17.0 Å². The van der Waals surface area contributed by atoms with Crippen molar-refractivity contribution in [2.24, 2.45) is 10.4 Å². The van der Waals surface area contributed by atoms with Crippen LogP contribution in [0.1, 0.15) is 37.6 Å². The predicted octanol–water partition coefficient (Wildman–Crippen LogP) is 0.718. The van der Waals surface area contributed by atoms with Gasteiger partial charge in [0.1, 0.15) is 36.8 Å². The second-order valence-electron chi connectivity index (χ2n) is 9.67. The molecule has 0 aliphatic carbocycles. The van der Waals surface area contributed by atoms with Crippen LogP contribution in [0.3, 0.4) is 0 Å². The summed E-state index contributed by atoms with van der Waals surface area (Å²) in [6.07, 6.45) is -5.84. The second-order valence-corrected chi connectivity index (χ2v) is 10.5. The molecule has 0 radical (unpaired) electrons. The Bertz CT molecular complexity index is 1170. The van der Waals surface area contributed by atoms with Crippen molar-refractivity contribution >= 4 is 28.8 Å². The van der Waals surface area contributed by atoms with Gasteiger partial charge in [0.25, 0.3) is 5.91 Å². The van der Waals surface area contributed by atoms with Gasteiger partial charge < -0.3 is 35.2 Å². The summed E-state index contributed by atoms with van der Waals surface area (Å²) in [4.78, 5) is 28.6. The first-order valence-electron chi connectivity index (χ1n) is 11.2. The second kappa shape index (κ2) is 11.9. The third-order valence-electron chi connectivity index (χ3n) is 5.33. The number of aromatic nitrogens is 1. The van der Waals surface area contributed by atoms with Crippen LogP contribution in [0.2, 0.25) is 0 Å². The zero-order valence-electron chi connectivity index (χ0n) is 20.3. The first-order chi connectivity index (χ1) is 17.3. The number of aliphatic hydroxyl groups excluding tert-OH is 4. The van der Waals surface area contributed by atoms with Crippen molar-refractivity contribution in [3.63, 3.8) is 0 Å². The normalized spacial score (nSPS) is 24.8. The van der Waals surface area contributed by atoms with Crippen LogP contribution in [0.4, 0.5) is 14.5 Å². The van der Waals surface area contributed by atoms with Gasteiger partial charge in [0.2, 0.25) is 5.91 Å². The number of aliphatic hydroxyl groups is 4. The lowest BCUT2D eigenvalue weighted by atomic mass is 9.92. The molecule has 1 saturated heterocycles. The van der Waals surface area contributed by atoms with Crippen LogP contribution in [0.15, 0.2) is 28.7 Å². The Morgan fingerprint density at radius 3 is 2.41 bits per heavy atom. The molecule has 2 aromatic rings. The number of thiazole rings is 1. The summed E-state index contributed by atoms with van der Waals surface area (Å²) in [5, 5.41) is 42.8. The molecule has 0 bridgehead atoms. The molecule has 0 spiro atoms. The van der Waals surface area contributed by atoms with Gasteiger partial charge in [-0.05, 0) is 17.5 Å². The number of carbonyl (C=O) groups is 2. The van der Waals surface area contributed by atoms with E-state index in [-0.39, 0.29) is 18.0 Å². The summed E-state index contributed by atoms with van der Waals surface area (Å²) in [6, 6.07) is 1.54. The lowest BCUT2D eigenvalue weighted by Gasteiger charge is -2.39. The van der Waals surface area contributed by atoms with Gasteiger partial charge in [-0.1, -0.05) is 20.8 Å². The van der Waals surface area contributed by atoms with Gasteiger partial charge in [0.15, 0.2) is 22.7 Å². The number of halogens is 2. The molecule has 14 heteroatoms. The van der Waals surface area contributed by atoms with Crippen molar-refractivity contribution in [2.45, 2.75) is 64.6 Å². The fourth-order valence-electron chi connectivity index (χ4n) is 3.48. The van der Waals surface area contributed by atoms with Crippen molar-refractivity contribution in [3.8, 4) is 0 Å². The smallest absolute Gasteiger partial charge is 0.279 e. The quantitative estimate of drug-likeness (QED) is 0.340. The Labute approximate surface area is 214 Å². The molecule has 1 fully saturated rings. The summed E-state index contributed by atoms with van der Waals surface area (Å²) in [7, 11) is 0. The molecule has 0 saturated carbocycles. The van der Waals surface area contributed by atoms with E-state index in [0.29, 0.717) is 0 Å². The number of nitrogens with one attached hydrogen (secondary N) is 1. The molecular weight excluding hydrogens is 516 g/mol. The maximum absolute atomic E-state index is 14.5. The largest absolute Gasteiger partial charge is 0.394 e. The molecule has 1 aromatic heterocycles.